The van der Waals surface area contributed by atoms with Crippen molar-refractivity contribution in [1.29, 1.82) is 0 Å². The zero-order chi connectivity index (χ0) is 21.1. The summed E-state index contributed by atoms with van der Waals surface area (Å²) in [4.78, 5) is 26.3. The van der Waals surface area contributed by atoms with Gasteiger partial charge in [0.05, 0.1) is 7.11 Å². The Bertz CT molecular complexity index is 902. The van der Waals surface area contributed by atoms with Crippen LogP contribution in [0.3, 0.4) is 0 Å². The van der Waals surface area contributed by atoms with Crippen molar-refractivity contribution in [3.8, 4) is 5.75 Å². The number of hydrogen-bond donors (Lipinski definition) is 1. The SMILES string of the molecule is COC(=O)Oc1cc(C)c(C(N)CC(=O)N2CC(C)Cc3ccccc32)c(C)c1. The van der Waals surface area contributed by atoms with Gasteiger partial charge < -0.3 is 20.1 Å². The molecule has 0 spiro atoms. The molecule has 1 aliphatic rings. The molecule has 2 aromatic rings. The van der Waals surface area contributed by atoms with E-state index in [0.717, 1.165) is 28.8 Å². The van der Waals surface area contributed by atoms with Gasteiger partial charge in [0.1, 0.15) is 5.75 Å². The van der Waals surface area contributed by atoms with Gasteiger partial charge in [-0.05, 0) is 66.6 Å². The number of rotatable bonds is 4. The Morgan fingerprint density at radius 3 is 2.52 bits per heavy atom. The van der Waals surface area contributed by atoms with E-state index >= 15 is 0 Å². The van der Waals surface area contributed by atoms with Crippen molar-refractivity contribution in [1.82, 2.24) is 0 Å². The van der Waals surface area contributed by atoms with Crippen LogP contribution in [-0.2, 0) is 16.0 Å². The number of amides is 1. The van der Waals surface area contributed by atoms with Crippen molar-refractivity contribution < 1.29 is 19.1 Å². The maximum Gasteiger partial charge on any atom is 0.513 e. The van der Waals surface area contributed by atoms with Crippen LogP contribution in [0.2, 0.25) is 0 Å². The Labute approximate surface area is 171 Å². The number of ether oxygens (including phenoxy) is 2. The standard InChI is InChI=1S/C23H28N2O4/c1-14-9-17-7-5-6-8-20(17)25(13-14)21(26)12-19(24)22-15(2)10-18(11-16(22)3)29-23(27)28-4/h5-8,10-11,14,19H,9,12-13,24H2,1-4H3. The molecule has 6 nitrogen and oxygen atoms in total. The van der Waals surface area contributed by atoms with E-state index in [1.54, 1.807) is 12.1 Å². The van der Waals surface area contributed by atoms with Crippen LogP contribution in [0.4, 0.5) is 10.5 Å². The van der Waals surface area contributed by atoms with Crippen LogP contribution in [0.5, 0.6) is 5.75 Å². The van der Waals surface area contributed by atoms with Crippen LogP contribution in [-0.4, -0.2) is 25.7 Å². The van der Waals surface area contributed by atoms with E-state index in [-0.39, 0.29) is 12.3 Å². The number of methoxy groups -OCH3 is 1. The molecule has 3 rings (SSSR count). The van der Waals surface area contributed by atoms with Crippen molar-refractivity contribution in [3.63, 3.8) is 0 Å². The first-order chi connectivity index (χ1) is 13.8. The van der Waals surface area contributed by atoms with E-state index < -0.39 is 12.2 Å². The van der Waals surface area contributed by atoms with Crippen LogP contribution >= 0.6 is 0 Å². The Hall–Kier alpha value is -2.86. The molecular weight excluding hydrogens is 368 g/mol. The Morgan fingerprint density at radius 2 is 1.86 bits per heavy atom. The molecule has 1 heterocycles. The van der Waals surface area contributed by atoms with E-state index in [4.69, 9.17) is 10.5 Å². The summed E-state index contributed by atoms with van der Waals surface area (Å²) >= 11 is 0. The third-order valence-corrected chi connectivity index (χ3v) is 5.35. The lowest BCUT2D eigenvalue weighted by Crippen LogP contribution is -2.40. The van der Waals surface area contributed by atoms with Crippen molar-refractivity contribution in [2.45, 2.75) is 39.7 Å². The molecule has 0 saturated carbocycles. The van der Waals surface area contributed by atoms with E-state index in [1.165, 1.54) is 12.7 Å². The fourth-order valence-corrected chi connectivity index (χ4v) is 4.15. The minimum absolute atomic E-state index is 0.0187. The predicted molar refractivity (Wildman–Crippen MR) is 112 cm³/mol. The number of fused-ring (bicyclic) bond motifs is 1. The maximum absolute atomic E-state index is 13.1. The average molecular weight is 396 g/mol. The molecular formula is C23H28N2O4. The molecule has 0 saturated heterocycles. The van der Waals surface area contributed by atoms with Gasteiger partial charge in [-0.2, -0.15) is 0 Å². The molecule has 0 fully saturated rings. The van der Waals surface area contributed by atoms with E-state index in [1.807, 2.05) is 36.9 Å². The van der Waals surface area contributed by atoms with Crippen LogP contribution < -0.4 is 15.4 Å². The largest absolute Gasteiger partial charge is 0.513 e. The fourth-order valence-electron chi connectivity index (χ4n) is 4.15. The summed E-state index contributed by atoms with van der Waals surface area (Å²) in [6, 6.07) is 11.1. The van der Waals surface area contributed by atoms with Gasteiger partial charge in [0, 0.05) is 24.7 Å². The number of para-hydroxylation sites is 1. The van der Waals surface area contributed by atoms with Gasteiger partial charge in [0.2, 0.25) is 5.91 Å². The minimum atomic E-state index is -0.770. The quantitative estimate of drug-likeness (QED) is 0.622. The van der Waals surface area contributed by atoms with Crippen molar-refractivity contribution in [3.05, 3.63) is 58.7 Å². The Morgan fingerprint density at radius 1 is 1.21 bits per heavy atom. The van der Waals surface area contributed by atoms with Gasteiger partial charge in [0.15, 0.2) is 0 Å². The zero-order valence-electron chi connectivity index (χ0n) is 17.4. The highest BCUT2D eigenvalue weighted by Crippen LogP contribution is 2.32. The number of hydrogen-bond acceptors (Lipinski definition) is 5. The van der Waals surface area contributed by atoms with Gasteiger partial charge >= 0.3 is 6.16 Å². The summed E-state index contributed by atoms with van der Waals surface area (Å²) in [6.45, 7) is 6.65. The summed E-state index contributed by atoms with van der Waals surface area (Å²) in [7, 11) is 1.26. The molecule has 2 N–H and O–H groups in total. The molecule has 6 heteroatoms. The second-order valence-corrected chi connectivity index (χ2v) is 7.78. The molecule has 154 valence electrons. The predicted octanol–water partition coefficient (Wildman–Crippen LogP) is 4.06. The molecule has 0 aromatic heterocycles. The topological polar surface area (TPSA) is 81.9 Å². The Balaban J connectivity index is 1.79. The molecule has 2 unspecified atom stereocenters. The number of nitrogens with zero attached hydrogens (tertiary/aromatic N) is 1. The molecule has 0 bridgehead atoms. The van der Waals surface area contributed by atoms with Crippen molar-refractivity contribution in [2.75, 3.05) is 18.6 Å². The Kier molecular flexibility index (Phi) is 6.23. The second-order valence-electron chi connectivity index (χ2n) is 7.78. The van der Waals surface area contributed by atoms with E-state index in [9.17, 15) is 9.59 Å². The number of anilines is 1. The fraction of sp³-hybridized carbons (Fsp3) is 0.391. The highest BCUT2D eigenvalue weighted by Gasteiger charge is 2.28. The van der Waals surface area contributed by atoms with Crippen molar-refractivity contribution >= 4 is 17.7 Å². The van der Waals surface area contributed by atoms with Crippen molar-refractivity contribution in [2.24, 2.45) is 11.7 Å². The molecule has 0 aliphatic carbocycles. The minimum Gasteiger partial charge on any atom is -0.437 e. The van der Waals surface area contributed by atoms with Gasteiger partial charge in [-0.25, -0.2) is 4.79 Å². The highest BCUT2D eigenvalue weighted by molar-refractivity contribution is 5.95. The molecule has 2 aromatic carbocycles. The van der Waals surface area contributed by atoms with Gasteiger partial charge in [-0.15, -0.1) is 0 Å². The first-order valence-electron chi connectivity index (χ1n) is 9.81. The molecule has 2 atom stereocenters. The molecule has 0 radical (unpaired) electrons. The van der Waals surface area contributed by atoms with Gasteiger partial charge in [-0.3, -0.25) is 4.79 Å². The number of nitrogens with two attached hydrogens (primary N) is 1. The van der Waals surface area contributed by atoms with E-state index in [2.05, 4.69) is 17.7 Å². The molecule has 1 aliphatic heterocycles. The van der Waals surface area contributed by atoms with Gasteiger partial charge in [-0.1, -0.05) is 25.1 Å². The van der Waals surface area contributed by atoms with Crippen LogP contribution in [0.1, 0.15) is 41.6 Å². The monoisotopic (exact) mass is 396 g/mol. The smallest absolute Gasteiger partial charge is 0.437 e. The third kappa shape index (κ3) is 4.59. The summed E-state index contributed by atoms with van der Waals surface area (Å²) in [5.74, 6) is 0.821. The first kappa shape index (κ1) is 20.9. The van der Waals surface area contributed by atoms with Crippen LogP contribution in [0.15, 0.2) is 36.4 Å². The molecule has 29 heavy (non-hydrogen) atoms. The zero-order valence-corrected chi connectivity index (χ0v) is 17.4. The third-order valence-electron chi connectivity index (χ3n) is 5.35. The summed E-state index contributed by atoms with van der Waals surface area (Å²) < 4.78 is 9.64. The average Bonchev–Trinajstić information content (AvgIpc) is 2.66. The molecule has 1 amide bonds. The van der Waals surface area contributed by atoms with Gasteiger partial charge in [0.25, 0.3) is 0 Å². The lowest BCUT2D eigenvalue weighted by Gasteiger charge is -2.34. The normalized spacial score (nSPS) is 16.7. The summed E-state index contributed by atoms with van der Waals surface area (Å²) in [5, 5.41) is 0. The number of aryl methyl sites for hydroxylation is 2. The number of benzene rings is 2. The van der Waals surface area contributed by atoms with Crippen LogP contribution in [0.25, 0.3) is 0 Å². The first-order valence-corrected chi connectivity index (χ1v) is 9.81. The lowest BCUT2D eigenvalue weighted by atomic mass is 9.91. The lowest BCUT2D eigenvalue weighted by molar-refractivity contribution is -0.119. The second kappa shape index (κ2) is 8.66. The number of carbonyl (C=O) groups is 2. The summed E-state index contributed by atoms with van der Waals surface area (Å²) in [6.07, 6.45) is 0.417. The van der Waals surface area contributed by atoms with E-state index in [0.29, 0.717) is 18.2 Å². The number of carbonyl (C=O) groups excluding carboxylic acids is 2. The summed E-state index contributed by atoms with van der Waals surface area (Å²) in [5.41, 5.74) is 11.3. The van der Waals surface area contributed by atoms with Crippen LogP contribution in [0, 0.1) is 19.8 Å². The highest BCUT2D eigenvalue weighted by atomic mass is 16.7. The maximum atomic E-state index is 13.1.